The Balaban J connectivity index is 2.79. The van der Waals surface area contributed by atoms with E-state index in [9.17, 15) is 0 Å². The first-order valence-corrected chi connectivity index (χ1v) is 11.1. The summed E-state index contributed by atoms with van der Waals surface area (Å²) in [4.78, 5) is 0. The van der Waals surface area contributed by atoms with E-state index in [2.05, 4.69) is 103 Å². The van der Waals surface area contributed by atoms with Gasteiger partial charge in [-0.05, 0) is 80.4 Å². The normalized spacial score (nSPS) is 16.2. The van der Waals surface area contributed by atoms with E-state index in [1.807, 2.05) is 0 Å². The van der Waals surface area contributed by atoms with E-state index in [-0.39, 0.29) is 0 Å². The minimum absolute atomic E-state index is 0.498. The van der Waals surface area contributed by atoms with Gasteiger partial charge in [-0.15, -0.1) is 0 Å². The molecule has 1 rings (SSSR count). The van der Waals surface area contributed by atoms with Gasteiger partial charge < -0.3 is 0 Å². The molecular weight excluding hydrogens is 336 g/mol. The first kappa shape index (κ1) is 24.2. The Morgan fingerprint density at radius 3 is 2.29 bits per heavy atom. The van der Waals surface area contributed by atoms with Gasteiger partial charge >= 0.3 is 0 Å². The average Bonchev–Trinajstić information content (AvgIpc) is 2.69. The zero-order valence-electron chi connectivity index (χ0n) is 19.2. The number of rotatable bonds is 12. The third-order valence-corrected chi connectivity index (χ3v) is 5.87. The van der Waals surface area contributed by atoms with E-state index in [0.717, 1.165) is 31.1 Å². The zero-order chi connectivity index (χ0) is 20.9. The van der Waals surface area contributed by atoms with Gasteiger partial charge in [-0.25, -0.2) is 0 Å². The lowest BCUT2D eigenvalue weighted by Crippen LogP contribution is -2.08. The summed E-state index contributed by atoms with van der Waals surface area (Å²) in [6.07, 6.45) is 17.0. The molecule has 0 nitrogen and oxygen atoms in total. The van der Waals surface area contributed by atoms with Crippen molar-refractivity contribution in [2.45, 2.75) is 73.6 Å². The van der Waals surface area contributed by atoms with E-state index in [0.29, 0.717) is 5.92 Å². The molecule has 1 aromatic rings. The van der Waals surface area contributed by atoms with Crippen molar-refractivity contribution in [3.8, 4) is 0 Å². The summed E-state index contributed by atoms with van der Waals surface area (Å²) in [6.45, 7) is 17.7. The highest BCUT2D eigenvalue weighted by molar-refractivity contribution is 5.41. The standard InChI is InChI=1S/C28H42/c1-8-11-14-23(5)24(6)15-12-16-27(10-3)28(13-9-2)25(7)21-26-19-17-22(4)18-20-26/h8,10-11,13,16-20,23-25H,3,9,12,14-15,21H2,1-2,4-7H3. The van der Waals surface area contributed by atoms with Crippen LogP contribution in [-0.2, 0) is 6.42 Å². The minimum atomic E-state index is 0.498. The maximum absolute atomic E-state index is 4.12. The maximum Gasteiger partial charge on any atom is -0.0147 e. The lowest BCUT2D eigenvalue weighted by molar-refractivity contribution is 0.369. The lowest BCUT2D eigenvalue weighted by atomic mass is 9.85. The Bertz CT molecular complexity index is 654. The van der Waals surface area contributed by atoms with Crippen LogP contribution in [-0.4, -0.2) is 0 Å². The van der Waals surface area contributed by atoms with E-state index < -0.39 is 0 Å². The molecule has 0 fully saturated rings. The third-order valence-electron chi connectivity index (χ3n) is 5.87. The summed E-state index contributed by atoms with van der Waals surface area (Å²) in [5, 5.41) is 0. The van der Waals surface area contributed by atoms with Crippen LogP contribution in [0.15, 0.2) is 72.4 Å². The molecule has 0 heterocycles. The van der Waals surface area contributed by atoms with Crippen molar-refractivity contribution in [2.24, 2.45) is 17.8 Å². The zero-order valence-corrected chi connectivity index (χ0v) is 19.2. The van der Waals surface area contributed by atoms with Gasteiger partial charge in [0.15, 0.2) is 0 Å². The minimum Gasteiger partial charge on any atom is -0.0985 e. The molecule has 0 spiro atoms. The molecule has 0 heteroatoms. The van der Waals surface area contributed by atoms with Crippen molar-refractivity contribution >= 4 is 0 Å². The fraction of sp³-hybridized carbons (Fsp3) is 0.500. The predicted molar refractivity (Wildman–Crippen MR) is 128 cm³/mol. The lowest BCUT2D eigenvalue weighted by Gasteiger charge is -2.20. The Hall–Kier alpha value is -1.82. The molecule has 154 valence electrons. The van der Waals surface area contributed by atoms with E-state index >= 15 is 0 Å². The summed E-state index contributed by atoms with van der Waals surface area (Å²) in [6, 6.07) is 8.96. The molecule has 3 atom stereocenters. The largest absolute Gasteiger partial charge is 0.0985 e. The van der Waals surface area contributed by atoms with E-state index in [1.165, 1.54) is 35.1 Å². The monoisotopic (exact) mass is 378 g/mol. The second-order valence-electron chi connectivity index (χ2n) is 8.36. The SMILES string of the molecule is C=CC(=CCCC(C)C(C)CC=CC)C(=CCC)C(C)Cc1ccc(C)cc1. The smallest absolute Gasteiger partial charge is 0.0147 e. The van der Waals surface area contributed by atoms with Gasteiger partial charge in [-0.2, -0.15) is 0 Å². The molecule has 0 aliphatic carbocycles. The second-order valence-corrected chi connectivity index (χ2v) is 8.36. The number of hydrogen-bond acceptors (Lipinski definition) is 0. The molecular formula is C28H42. The van der Waals surface area contributed by atoms with Crippen molar-refractivity contribution in [1.29, 1.82) is 0 Å². The van der Waals surface area contributed by atoms with E-state index in [1.54, 1.807) is 0 Å². The summed E-state index contributed by atoms with van der Waals surface area (Å²) in [7, 11) is 0. The molecule has 0 amide bonds. The summed E-state index contributed by atoms with van der Waals surface area (Å²) >= 11 is 0. The van der Waals surface area contributed by atoms with Gasteiger partial charge in [0.1, 0.15) is 0 Å². The van der Waals surface area contributed by atoms with Gasteiger partial charge in [0, 0.05) is 0 Å². The van der Waals surface area contributed by atoms with Gasteiger partial charge in [-0.1, -0.05) is 94.5 Å². The number of aryl methyl sites for hydroxylation is 1. The number of allylic oxidation sites excluding steroid dienone is 7. The highest BCUT2D eigenvalue weighted by atomic mass is 14.2. The van der Waals surface area contributed by atoms with Gasteiger partial charge in [0.05, 0.1) is 0 Å². The van der Waals surface area contributed by atoms with Crippen molar-refractivity contribution in [2.75, 3.05) is 0 Å². The molecule has 1 aromatic carbocycles. The van der Waals surface area contributed by atoms with Crippen LogP contribution in [0.4, 0.5) is 0 Å². The van der Waals surface area contributed by atoms with Crippen molar-refractivity contribution in [1.82, 2.24) is 0 Å². The molecule has 0 aromatic heterocycles. The summed E-state index contributed by atoms with van der Waals surface area (Å²) in [5.74, 6) is 1.97. The fourth-order valence-electron chi connectivity index (χ4n) is 3.70. The number of hydrogen-bond donors (Lipinski definition) is 0. The molecule has 0 bridgehead atoms. The molecule has 0 aliphatic rings. The molecule has 0 N–H and O–H groups in total. The molecule has 0 saturated carbocycles. The van der Waals surface area contributed by atoms with Crippen LogP contribution in [0.1, 0.15) is 71.4 Å². The molecule has 0 saturated heterocycles. The highest BCUT2D eigenvalue weighted by Gasteiger charge is 2.13. The molecule has 3 unspecified atom stereocenters. The van der Waals surface area contributed by atoms with Crippen molar-refractivity contribution < 1.29 is 0 Å². The fourth-order valence-corrected chi connectivity index (χ4v) is 3.70. The maximum atomic E-state index is 4.12. The molecule has 0 radical (unpaired) electrons. The molecule has 0 aliphatic heterocycles. The quantitative estimate of drug-likeness (QED) is 0.252. The Morgan fingerprint density at radius 2 is 1.71 bits per heavy atom. The van der Waals surface area contributed by atoms with Gasteiger partial charge in [-0.3, -0.25) is 0 Å². The Morgan fingerprint density at radius 1 is 1.04 bits per heavy atom. The average molecular weight is 379 g/mol. The third kappa shape index (κ3) is 8.46. The predicted octanol–water partition coefficient (Wildman–Crippen LogP) is 8.64. The topological polar surface area (TPSA) is 0 Å². The van der Waals surface area contributed by atoms with Crippen LogP contribution < -0.4 is 0 Å². The van der Waals surface area contributed by atoms with Crippen LogP contribution >= 0.6 is 0 Å². The van der Waals surface area contributed by atoms with Crippen molar-refractivity contribution in [3.63, 3.8) is 0 Å². The van der Waals surface area contributed by atoms with Crippen LogP contribution in [0.3, 0.4) is 0 Å². The number of benzene rings is 1. The van der Waals surface area contributed by atoms with Crippen LogP contribution in [0.2, 0.25) is 0 Å². The highest BCUT2D eigenvalue weighted by Crippen LogP contribution is 2.27. The summed E-state index contributed by atoms with van der Waals surface area (Å²) in [5.41, 5.74) is 5.52. The van der Waals surface area contributed by atoms with Crippen molar-refractivity contribution in [3.05, 3.63) is 83.5 Å². The van der Waals surface area contributed by atoms with Gasteiger partial charge in [0.2, 0.25) is 0 Å². The van der Waals surface area contributed by atoms with E-state index in [4.69, 9.17) is 0 Å². The Labute approximate surface area is 175 Å². The van der Waals surface area contributed by atoms with Crippen LogP contribution in [0.5, 0.6) is 0 Å². The van der Waals surface area contributed by atoms with Crippen LogP contribution in [0.25, 0.3) is 0 Å². The molecule has 28 heavy (non-hydrogen) atoms. The summed E-state index contributed by atoms with van der Waals surface area (Å²) < 4.78 is 0. The second kappa shape index (κ2) is 13.4. The van der Waals surface area contributed by atoms with Gasteiger partial charge in [0.25, 0.3) is 0 Å². The first-order chi connectivity index (χ1) is 13.4. The first-order valence-electron chi connectivity index (χ1n) is 11.1. The Kier molecular flexibility index (Phi) is 11.6. The van der Waals surface area contributed by atoms with Crippen LogP contribution in [0, 0.1) is 24.7 Å².